The number of ether oxygens (including phenoxy) is 2. The zero-order valence-electron chi connectivity index (χ0n) is 10.9. The van der Waals surface area contributed by atoms with Crippen LogP contribution in [0, 0.1) is 5.92 Å². The first-order valence-electron chi connectivity index (χ1n) is 7.35. The standard InChI is InChI=1S/C14H25NO2/c1-2-3-11-10-13(11)15-12-4-6-14(7-5-12)16-8-9-17-14/h11-13,15H,2-10H2,1H3. The van der Waals surface area contributed by atoms with Crippen LogP contribution in [-0.4, -0.2) is 31.1 Å². The highest BCUT2D eigenvalue weighted by Gasteiger charge is 2.43. The monoisotopic (exact) mass is 239 g/mol. The van der Waals surface area contributed by atoms with Crippen molar-refractivity contribution in [2.45, 2.75) is 69.7 Å². The highest BCUT2D eigenvalue weighted by atomic mass is 16.7. The number of rotatable bonds is 4. The van der Waals surface area contributed by atoms with Gasteiger partial charge in [0.1, 0.15) is 0 Å². The van der Waals surface area contributed by atoms with Crippen LogP contribution in [0.5, 0.6) is 0 Å². The first kappa shape index (κ1) is 11.9. The van der Waals surface area contributed by atoms with Crippen LogP contribution in [-0.2, 0) is 9.47 Å². The Kier molecular flexibility index (Phi) is 3.42. The summed E-state index contributed by atoms with van der Waals surface area (Å²) >= 11 is 0. The van der Waals surface area contributed by atoms with E-state index in [-0.39, 0.29) is 5.79 Å². The minimum atomic E-state index is -0.190. The molecule has 0 aromatic heterocycles. The van der Waals surface area contributed by atoms with E-state index in [4.69, 9.17) is 9.47 Å². The predicted octanol–water partition coefficient (Wildman–Crippen LogP) is 2.45. The maximum absolute atomic E-state index is 5.76. The van der Waals surface area contributed by atoms with E-state index in [1.807, 2.05) is 0 Å². The number of hydrogen-bond donors (Lipinski definition) is 1. The largest absolute Gasteiger partial charge is 0.348 e. The molecule has 1 aliphatic heterocycles. The molecule has 2 unspecified atom stereocenters. The Morgan fingerprint density at radius 1 is 1.18 bits per heavy atom. The summed E-state index contributed by atoms with van der Waals surface area (Å²) in [5, 5.41) is 3.82. The Bertz CT molecular complexity index is 253. The van der Waals surface area contributed by atoms with Crippen LogP contribution in [0.15, 0.2) is 0 Å². The van der Waals surface area contributed by atoms with Gasteiger partial charge in [-0.3, -0.25) is 0 Å². The lowest BCUT2D eigenvalue weighted by molar-refractivity contribution is -0.179. The molecule has 1 saturated heterocycles. The van der Waals surface area contributed by atoms with Crippen LogP contribution in [0.2, 0.25) is 0 Å². The lowest BCUT2D eigenvalue weighted by Crippen LogP contribution is -2.43. The smallest absolute Gasteiger partial charge is 0.168 e. The van der Waals surface area contributed by atoms with Gasteiger partial charge in [0, 0.05) is 24.9 Å². The van der Waals surface area contributed by atoms with E-state index in [1.54, 1.807) is 0 Å². The van der Waals surface area contributed by atoms with E-state index in [1.165, 1.54) is 32.1 Å². The van der Waals surface area contributed by atoms with Gasteiger partial charge >= 0.3 is 0 Å². The van der Waals surface area contributed by atoms with Gasteiger partial charge in [0.05, 0.1) is 13.2 Å². The van der Waals surface area contributed by atoms with Gasteiger partial charge in [-0.15, -0.1) is 0 Å². The van der Waals surface area contributed by atoms with Gasteiger partial charge in [-0.05, 0) is 31.6 Å². The van der Waals surface area contributed by atoms with Crippen molar-refractivity contribution >= 4 is 0 Å². The summed E-state index contributed by atoms with van der Waals surface area (Å²) < 4.78 is 11.5. The van der Waals surface area contributed by atoms with Gasteiger partial charge in [-0.2, -0.15) is 0 Å². The van der Waals surface area contributed by atoms with E-state index in [0.29, 0.717) is 6.04 Å². The molecule has 0 radical (unpaired) electrons. The second-order valence-corrected chi connectivity index (χ2v) is 5.94. The number of hydrogen-bond acceptors (Lipinski definition) is 3. The maximum atomic E-state index is 5.76. The Morgan fingerprint density at radius 2 is 1.88 bits per heavy atom. The molecule has 3 nitrogen and oxygen atoms in total. The molecule has 17 heavy (non-hydrogen) atoms. The topological polar surface area (TPSA) is 30.5 Å². The Hall–Kier alpha value is -0.120. The third-order valence-corrected chi connectivity index (χ3v) is 4.59. The lowest BCUT2D eigenvalue weighted by atomic mass is 9.90. The quantitative estimate of drug-likeness (QED) is 0.817. The highest BCUT2D eigenvalue weighted by Crippen LogP contribution is 2.39. The van der Waals surface area contributed by atoms with Crippen LogP contribution in [0.25, 0.3) is 0 Å². The minimum Gasteiger partial charge on any atom is -0.348 e. The van der Waals surface area contributed by atoms with Crippen molar-refractivity contribution in [2.75, 3.05) is 13.2 Å². The summed E-state index contributed by atoms with van der Waals surface area (Å²) in [5.74, 6) is 0.778. The van der Waals surface area contributed by atoms with Gasteiger partial charge in [0.15, 0.2) is 5.79 Å². The fourth-order valence-corrected chi connectivity index (χ4v) is 3.45. The van der Waals surface area contributed by atoms with Crippen molar-refractivity contribution in [3.05, 3.63) is 0 Å². The lowest BCUT2D eigenvalue weighted by Gasteiger charge is -2.35. The fourth-order valence-electron chi connectivity index (χ4n) is 3.45. The summed E-state index contributed by atoms with van der Waals surface area (Å²) in [5.41, 5.74) is 0. The van der Waals surface area contributed by atoms with Gasteiger partial charge < -0.3 is 14.8 Å². The summed E-state index contributed by atoms with van der Waals surface area (Å²) in [6, 6.07) is 1.53. The maximum Gasteiger partial charge on any atom is 0.168 e. The Labute approximate surface area is 104 Å². The Balaban J connectivity index is 1.40. The van der Waals surface area contributed by atoms with Gasteiger partial charge in [0.2, 0.25) is 0 Å². The van der Waals surface area contributed by atoms with Crippen molar-refractivity contribution in [1.82, 2.24) is 5.32 Å². The molecule has 0 aromatic rings. The number of nitrogens with one attached hydrogen (secondary N) is 1. The molecule has 1 spiro atoms. The van der Waals surface area contributed by atoms with Crippen LogP contribution < -0.4 is 5.32 Å². The molecular weight excluding hydrogens is 214 g/mol. The fraction of sp³-hybridized carbons (Fsp3) is 1.00. The molecule has 1 N–H and O–H groups in total. The molecule has 1 heterocycles. The average molecular weight is 239 g/mol. The summed E-state index contributed by atoms with van der Waals surface area (Å²) in [4.78, 5) is 0. The van der Waals surface area contributed by atoms with Gasteiger partial charge in [-0.25, -0.2) is 0 Å². The van der Waals surface area contributed by atoms with E-state index in [2.05, 4.69) is 12.2 Å². The predicted molar refractivity (Wildman–Crippen MR) is 66.8 cm³/mol. The third kappa shape index (κ3) is 2.67. The normalized spacial score (nSPS) is 36.5. The summed E-state index contributed by atoms with van der Waals surface area (Å²) in [6.45, 7) is 3.87. The van der Waals surface area contributed by atoms with Gasteiger partial charge in [-0.1, -0.05) is 13.3 Å². The van der Waals surface area contributed by atoms with Crippen molar-refractivity contribution in [3.8, 4) is 0 Å². The van der Waals surface area contributed by atoms with E-state index >= 15 is 0 Å². The van der Waals surface area contributed by atoms with Crippen molar-refractivity contribution in [2.24, 2.45) is 5.92 Å². The average Bonchev–Trinajstić information content (AvgIpc) is 2.90. The molecule has 2 aliphatic carbocycles. The zero-order chi connectivity index (χ0) is 11.7. The van der Waals surface area contributed by atoms with Crippen LogP contribution in [0.3, 0.4) is 0 Å². The molecule has 0 aromatic carbocycles. The second kappa shape index (κ2) is 4.87. The van der Waals surface area contributed by atoms with E-state index in [9.17, 15) is 0 Å². The third-order valence-electron chi connectivity index (χ3n) is 4.59. The molecule has 3 aliphatic rings. The molecule has 0 amide bonds. The summed E-state index contributed by atoms with van der Waals surface area (Å²) in [7, 11) is 0. The first-order valence-corrected chi connectivity index (χ1v) is 7.35. The van der Waals surface area contributed by atoms with Crippen molar-refractivity contribution in [3.63, 3.8) is 0 Å². The second-order valence-electron chi connectivity index (χ2n) is 5.94. The zero-order valence-corrected chi connectivity index (χ0v) is 10.9. The molecule has 0 bridgehead atoms. The summed E-state index contributed by atoms with van der Waals surface area (Å²) in [6.07, 6.45) is 8.73. The molecule has 3 rings (SSSR count). The van der Waals surface area contributed by atoms with Gasteiger partial charge in [0.25, 0.3) is 0 Å². The van der Waals surface area contributed by atoms with E-state index < -0.39 is 0 Å². The highest BCUT2D eigenvalue weighted by molar-refractivity contribution is 4.96. The first-order chi connectivity index (χ1) is 8.31. The van der Waals surface area contributed by atoms with Crippen LogP contribution in [0.1, 0.15) is 51.9 Å². The molecular formula is C14H25NO2. The Morgan fingerprint density at radius 3 is 2.53 bits per heavy atom. The van der Waals surface area contributed by atoms with E-state index in [0.717, 1.165) is 38.0 Å². The van der Waals surface area contributed by atoms with Crippen molar-refractivity contribution < 1.29 is 9.47 Å². The van der Waals surface area contributed by atoms with Crippen LogP contribution >= 0.6 is 0 Å². The molecule has 2 atom stereocenters. The molecule has 3 heteroatoms. The van der Waals surface area contributed by atoms with Crippen LogP contribution in [0.4, 0.5) is 0 Å². The SMILES string of the molecule is CCCC1CC1NC1CCC2(CC1)OCCO2. The molecule has 3 fully saturated rings. The van der Waals surface area contributed by atoms with Crippen molar-refractivity contribution in [1.29, 1.82) is 0 Å². The molecule has 2 saturated carbocycles. The minimum absolute atomic E-state index is 0.190. The molecule has 98 valence electrons.